The third-order valence-corrected chi connectivity index (χ3v) is 9.06. The fourth-order valence-electron chi connectivity index (χ4n) is 6.56. The van der Waals surface area contributed by atoms with Crippen molar-refractivity contribution >= 4 is 17.7 Å². The fraction of sp³-hybridized carbons (Fsp3) is 0.581. The third-order valence-electron chi connectivity index (χ3n) is 9.06. The highest BCUT2D eigenvalue weighted by molar-refractivity contribution is 5.97. The number of hydrogen-bond acceptors (Lipinski definition) is 6. The number of piperazine rings is 1. The monoisotopic (exact) mass is 601 g/mol. The molecule has 1 N–H and O–H groups in total. The molecule has 43 heavy (non-hydrogen) atoms. The number of hydrogen-bond donors (Lipinski definition) is 1. The Labute approximate surface area is 250 Å². The second-order valence-electron chi connectivity index (χ2n) is 13.0. The van der Waals surface area contributed by atoms with Crippen molar-refractivity contribution in [2.75, 3.05) is 50.8 Å². The molecule has 3 aliphatic rings. The molecule has 3 aliphatic heterocycles. The first-order valence-corrected chi connectivity index (χ1v) is 14.8. The topological polar surface area (TPSA) is 98.6 Å². The number of morpholine rings is 1. The van der Waals surface area contributed by atoms with E-state index in [4.69, 9.17) is 4.74 Å². The van der Waals surface area contributed by atoms with Gasteiger partial charge < -0.3 is 24.2 Å². The molecular formula is C31H41F2N5O5. The lowest BCUT2D eigenvalue weighted by molar-refractivity contribution is -0.122. The van der Waals surface area contributed by atoms with E-state index in [0.29, 0.717) is 31.9 Å². The van der Waals surface area contributed by atoms with Crippen molar-refractivity contribution < 1.29 is 28.2 Å². The Hall–Kier alpha value is -3.35. The molecule has 5 rings (SSSR count). The Morgan fingerprint density at radius 3 is 2.49 bits per heavy atom. The Balaban J connectivity index is 1.40. The number of pyridine rings is 1. The van der Waals surface area contributed by atoms with E-state index in [-0.39, 0.29) is 60.9 Å². The smallest absolute Gasteiger partial charge is 0.407 e. The van der Waals surface area contributed by atoms with Crippen molar-refractivity contribution in [3.8, 4) is 0 Å². The minimum atomic E-state index is -0.974. The lowest BCUT2D eigenvalue weighted by Crippen LogP contribution is -2.64. The largest absolute Gasteiger partial charge is 0.465 e. The van der Waals surface area contributed by atoms with Gasteiger partial charge in [-0.25, -0.2) is 13.6 Å². The van der Waals surface area contributed by atoms with E-state index in [9.17, 15) is 28.3 Å². The van der Waals surface area contributed by atoms with Gasteiger partial charge in [0.15, 0.2) is 0 Å². The molecule has 234 valence electrons. The molecule has 0 saturated carbocycles. The summed E-state index contributed by atoms with van der Waals surface area (Å²) in [4.78, 5) is 46.6. The Morgan fingerprint density at radius 1 is 1.05 bits per heavy atom. The fourth-order valence-corrected chi connectivity index (χ4v) is 6.56. The standard InChI is InChI=1S/C31H41F2N5O5/c1-19-10-35(24(14-37(19)30(41)42)13-34-11-21(3)43-17-20(34)2)16-29(40)38-18-31(4,5)25-9-28(39)36(15-27(25)38)12-22-6-7-23(32)8-26(22)33/h6-9,15,19-21,24H,10-14,16-18H2,1-5H3,(H,41,42)/t19-,20-,21+,24+/m1/s1. The predicted molar refractivity (Wildman–Crippen MR) is 158 cm³/mol. The number of rotatable bonds is 6. The summed E-state index contributed by atoms with van der Waals surface area (Å²) in [5.41, 5.74) is 0.661. The highest BCUT2D eigenvalue weighted by Gasteiger charge is 2.42. The zero-order valence-corrected chi connectivity index (χ0v) is 25.4. The van der Waals surface area contributed by atoms with Crippen LogP contribution in [0.1, 0.15) is 45.7 Å². The molecule has 4 heterocycles. The van der Waals surface area contributed by atoms with Crippen LogP contribution in [0, 0.1) is 11.6 Å². The van der Waals surface area contributed by atoms with Gasteiger partial charge in [-0.3, -0.25) is 19.4 Å². The molecule has 2 fully saturated rings. The first kappa shape index (κ1) is 31.1. The van der Waals surface area contributed by atoms with Crippen LogP contribution >= 0.6 is 0 Å². The van der Waals surface area contributed by atoms with Crippen LogP contribution in [0.2, 0.25) is 0 Å². The highest BCUT2D eigenvalue weighted by atomic mass is 19.1. The molecule has 2 aromatic rings. The van der Waals surface area contributed by atoms with Crippen molar-refractivity contribution in [3.63, 3.8) is 0 Å². The van der Waals surface area contributed by atoms with Gasteiger partial charge in [-0.15, -0.1) is 0 Å². The van der Waals surface area contributed by atoms with E-state index in [2.05, 4.69) is 16.7 Å². The summed E-state index contributed by atoms with van der Waals surface area (Å²) in [7, 11) is 0. The van der Waals surface area contributed by atoms with E-state index in [1.54, 1.807) is 11.1 Å². The van der Waals surface area contributed by atoms with E-state index >= 15 is 0 Å². The van der Waals surface area contributed by atoms with Crippen LogP contribution in [0.25, 0.3) is 0 Å². The summed E-state index contributed by atoms with van der Waals surface area (Å²) in [5, 5.41) is 9.85. The molecule has 0 aliphatic carbocycles. The quantitative estimate of drug-likeness (QED) is 0.544. The lowest BCUT2D eigenvalue weighted by atomic mass is 9.87. The van der Waals surface area contributed by atoms with Gasteiger partial charge in [-0.05, 0) is 32.4 Å². The Bertz CT molecular complexity index is 1450. The molecule has 12 heteroatoms. The van der Waals surface area contributed by atoms with Crippen LogP contribution in [-0.4, -0.2) is 106 Å². The van der Waals surface area contributed by atoms with Gasteiger partial charge in [0.25, 0.3) is 5.56 Å². The van der Waals surface area contributed by atoms with Gasteiger partial charge in [0.2, 0.25) is 5.91 Å². The minimum absolute atomic E-state index is 0.0636. The van der Waals surface area contributed by atoms with E-state index in [0.717, 1.165) is 24.2 Å². The number of benzene rings is 1. The number of carboxylic acid groups (broad SMARTS) is 1. The number of amides is 2. The average Bonchev–Trinajstić information content (AvgIpc) is 3.18. The van der Waals surface area contributed by atoms with Crippen LogP contribution in [0.15, 0.2) is 35.3 Å². The maximum Gasteiger partial charge on any atom is 0.407 e. The molecule has 1 aromatic heterocycles. The van der Waals surface area contributed by atoms with Crippen molar-refractivity contribution in [2.45, 2.75) is 70.8 Å². The van der Waals surface area contributed by atoms with Crippen LogP contribution in [-0.2, 0) is 21.5 Å². The van der Waals surface area contributed by atoms with Gasteiger partial charge in [0, 0.05) is 80.2 Å². The normalized spacial score (nSPS) is 26.0. The van der Waals surface area contributed by atoms with Gasteiger partial charge in [-0.1, -0.05) is 19.9 Å². The summed E-state index contributed by atoms with van der Waals surface area (Å²) in [6, 6.07) is 4.42. The van der Waals surface area contributed by atoms with Crippen molar-refractivity contribution in [2.24, 2.45) is 0 Å². The number of halogens is 2. The lowest BCUT2D eigenvalue weighted by Gasteiger charge is -2.47. The molecule has 0 bridgehead atoms. The first-order valence-electron chi connectivity index (χ1n) is 14.8. The van der Waals surface area contributed by atoms with Crippen LogP contribution < -0.4 is 10.5 Å². The SMILES string of the molecule is C[C@@H]1CO[C@@H](C)CN1C[C@H]1CN(C(=O)O)[C@H](C)CN1CC(=O)N1CC(C)(C)c2cc(=O)n(Cc3ccc(F)cc3F)cc21. The van der Waals surface area contributed by atoms with Crippen LogP contribution in [0.5, 0.6) is 0 Å². The van der Waals surface area contributed by atoms with Crippen molar-refractivity contribution in [3.05, 3.63) is 63.6 Å². The van der Waals surface area contributed by atoms with E-state index < -0.39 is 23.1 Å². The van der Waals surface area contributed by atoms with E-state index in [1.165, 1.54) is 21.6 Å². The number of carbonyl (C=O) groups excluding carboxylic acids is 1. The first-order chi connectivity index (χ1) is 20.2. The average molecular weight is 602 g/mol. The number of fused-ring (bicyclic) bond motifs is 1. The van der Waals surface area contributed by atoms with Gasteiger partial charge in [0.05, 0.1) is 31.5 Å². The zero-order chi connectivity index (χ0) is 31.2. The minimum Gasteiger partial charge on any atom is -0.465 e. The number of anilines is 1. The molecule has 0 unspecified atom stereocenters. The molecule has 1 aromatic carbocycles. The molecular weight excluding hydrogens is 560 g/mol. The second kappa shape index (κ2) is 12.0. The predicted octanol–water partition coefficient (Wildman–Crippen LogP) is 2.96. The van der Waals surface area contributed by atoms with Crippen LogP contribution in [0.3, 0.4) is 0 Å². The van der Waals surface area contributed by atoms with Gasteiger partial charge >= 0.3 is 6.09 Å². The van der Waals surface area contributed by atoms with Crippen LogP contribution in [0.4, 0.5) is 19.3 Å². The zero-order valence-electron chi connectivity index (χ0n) is 25.4. The van der Waals surface area contributed by atoms with Gasteiger partial charge in [-0.2, -0.15) is 0 Å². The Morgan fingerprint density at radius 2 is 1.79 bits per heavy atom. The third kappa shape index (κ3) is 6.46. The van der Waals surface area contributed by atoms with E-state index in [1.807, 2.05) is 27.7 Å². The summed E-state index contributed by atoms with van der Waals surface area (Å²) in [6.07, 6.45) is 0.679. The van der Waals surface area contributed by atoms with Crippen molar-refractivity contribution in [1.82, 2.24) is 19.3 Å². The highest BCUT2D eigenvalue weighted by Crippen LogP contribution is 2.39. The summed E-state index contributed by atoms with van der Waals surface area (Å²) < 4.78 is 35.0. The number of aromatic nitrogens is 1. The molecule has 2 saturated heterocycles. The summed E-state index contributed by atoms with van der Waals surface area (Å²) >= 11 is 0. The maximum atomic E-state index is 14.4. The summed E-state index contributed by atoms with van der Waals surface area (Å²) in [6.45, 7) is 12.8. The van der Waals surface area contributed by atoms with Gasteiger partial charge in [0.1, 0.15) is 11.6 Å². The number of carbonyl (C=O) groups is 2. The molecule has 2 amide bonds. The maximum absolute atomic E-state index is 14.4. The Kier molecular flexibility index (Phi) is 8.65. The molecule has 0 radical (unpaired) electrons. The second-order valence-corrected chi connectivity index (χ2v) is 13.0. The molecule has 10 nitrogen and oxygen atoms in total. The molecule has 0 spiro atoms. The number of ether oxygens (including phenoxy) is 1. The number of nitrogens with zero attached hydrogens (tertiary/aromatic N) is 5. The molecule has 4 atom stereocenters. The van der Waals surface area contributed by atoms with Crippen molar-refractivity contribution in [1.29, 1.82) is 0 Å². The summed E-state index contributed by atoms with van der Waals surface area (Å²) in [5.74, 6) is -1.60.